The third-order valence-electron chi connectivity index (χ3n) is 3.12. The number of methoxy groups -OCH3 is 1. The molecule has 5 nitrogen and oxygen atoms in total. The highest BCUT2D eigenvalue weighted by molar-refractivity contribution is 6.30. The van der Waals surface area contributed by atoms with Crippen LogP contribution in [-0.2, 0) is 0 Å². The van der Waals surface area contributed by atoms with Gasteiger partial charge in [0.15, 0.2) is 5.75 Å². The second-order valence-electron chi connectivity index (χ2n) is 4.55. The zero-order valence-corrected chi connectivity index (χ0v) is 12.5. The number of nitrogens with zero attached hydrogens (tertiary/aromatic N) is 1. The van der Waals surface area contributed by atoms with Crippen molar-refractivity contribution in [3.8, 4) is 34.3 Å². The van der Waals surface area contributed by atoms with Crippen molar-refractivity contribution >= 4 is 11.6 Å². The summed E-state index contributed by atoms with van der Waals surface area (Å²) in [6.45, 7) is 0. The lowest BCUT2D eigenvalue weighted by atomic mass is 10.1. The van der Waals surface area contributed by atoms with Crippen molar-refractivity contribution in [1.82, 2.24) is 10.2 Å². The quantitative estimate of drug-likeness (QED) is 0.755. The minimum Gasteiger partial charge on any atom is -0.507 e. The SMILES string of the molecule is COc1ccc(-c2[nH]ncc2Oc2ccc(Cl)cc2)c(O)c1. The molecule has 1 aromatic heterocycles. The van der Waals surface area contributed by atoms with E-state index in [0.717, 1.165) is 0 Å². The van der Waals surface area contributed by atoms with Gasteiger partial charge in [-0.2, -0.15) is 5.10 Å². The maximum atomic E-state index is 10.1. The first-order valence-corrected chi connectivity index (χ1v) is 6.89. The number of aromatic nitrogens is 2. The molecule has 0 radical (unpaired) electrons. The summed E-state index contributed by atoms with van der Waals surface area (Å²) in [5.41, 5.74) is 1.15. The van der Waals surface area contributed by atoms with Gasteiger partial charge < -0.3 is 14.6 Å². The van der Waals surface area contributed by atoms with Crippen molar-refractivity contribution in [2.24, 2.45) is 0 Å². The summed E-state index contributed by atoms with van der Waals surface area (Å²) in [6, 6.07) is 12.0. The number of phenolic OH excluding ortho intramolecular Hbond substituents is 1. The molecular formula is C16H13ClN2O3. The molecule has 2 aromatic carbocycles. The lowest BCUT2D eigenvalue weighted by Crippen LogP contribution is -1.88. The molecule has 0 bridgehead atoms. The smallest absolute Gasteiger partial charge is 0.173 e. The van der Waals surface area contributed by atoms with Crippen LogP contribution in [0.4, 0.5) is 0 Å². The normalized spacial score (nSPS) is 10.5. The summed E-state index contributed by atoms with van der Waals surface area (Å²) >= 11 is 5.85. The van der Waals surface area contributed by atoms with Gasteiger partial charge in [0, 0.05) is 16.7 Å². The molecular weight excluding hydrogens is 304 g/mol. The second-order valence-corrected chi connectivity index (χ2v) is 4.98. The van der Waals surface area contributed by atoms with Crippen LogP contribution < -0.4 is 9.47 Å². The minimum atomic E-state index is 0.0737. The van der Waals surface area contributed by atoms with Crippen LogP contribution in [0.3, 0.4) is 0 Å². The monoisotopic (exact) mass is 316 g/mol. The lowest BCUT2D eigenvalue weighted by Gasteiger charge is -2.09. The van der Waals surface area contributed by atoms with Crippen LogP contribution >= 0.6 is 11.6 Å². The van der Waals surface area contributed by atoms with Crippen molar-refractivity contribution in [2.45, 2.75) is 0 Å². The van der Waals surface area contributed by atoms with Gasteiger partial charge >= 0.3 is 0 Å². The van der Waals surface area contributed by atoms with Crippen LogP contribution in [0.2, 0.25) is 5.02 Å². The number of ether oxygens (including phenoxy) is 2. The van der Waals surface area contributed by atoms with Crippen molar-refractivity contribution in [3.05, 3.63) is 53.7 Å². The molecule has 3 aromatic rings. The zero-order valence-electron chi connectivity index (χ0n) is 11.7. The Balaban J connectivity index is 1.93. The number of hydrogen-bond donors (Lipinski definition) is 2. The van der Waals surface area contributed by atoms with E-state index in [0.29, 0.717) is 33.5 Å². The Morgan fingerprint density at radius 1 is 1.09 bits per heavy atom. The molecule has 2 N–H and O–H groups in total. The Kier molecular flexibility index (Phi) is 3.89. The predicted molar refractivity (Wildman–Crippen MR) is 83.8 cm³/mol. The third-order valence-corrected chi connectivity index (χ3v) is 3.37. The highest BCUT2D eigenvalue weighted by atomic mass is 35.5. The second kappa shape index (κ2) is 5.99. The molecule has 0 aliphatic heterocycles. The number of aromatic hydroxyl groups is 1. The summed E-state index contributed by atoms with van der Waals surface area (Å²) in [7, 11) is 1.54. The maximum absolute atomic E-state index is 10.1. The lowest BCUT2D eigenvalue weighted by molar-refractivity contribution is 0.408. The fraction of sp³-hybridized carbons (Fsp3) is 0.0625. The molecule has 0 saturated heterocycles. The van der Waals surface area contributed by atoms with Crippen molar-refractivity contribution in [1.29, 1.82) is 0 Å². The zero-order chi connectivity index (χ0) is 15.5. The molecule has 0 saturated carbocycles. The summed E-state index contributed by atoms with van der Waals surface area (Å²) in [5, 5.41) is 17.6. The average Bonchev–Trinajstić information content (AvgIpc) is 2.97. The molecule has 0 aliphatic carbocycles. The Labute approximate surface area is 132 Å². The number of nitrogens with one attached hydrogen (secondary N) is 1. The topological polar surface area (TPSA) is 67.4 Å². The largest absolute Gasteiger partial charge is 0.507 e. The molecule has 22 heavy (non-hydrogen) atoms. The van der Waals surface area contributed by atoms with E-state index < -0.39 is 0 Å². The number of halogens is 1. The van der Waals surface area contributed by atoms with E-state index in [1.807, 2.05) is 0 Å². The molecule has 0 spiro atoms. The van der Waals surface area contributed by atoms with E-state index in [1.165, 1.54) is 6.07 Å². The Morgan fingerprint density at radius 2 is 1.82 bits per heavy atom. The number of aromatic amines is 1. The number of hydrogen-bond acceptors (Lipinski definition) is 4. The predicted octanol–water partition coefficient (Wildman–Crippen LogP) is 4.24. The van der Waals surface area contributed by atoms with Crippen molar-refractivity contribution in [3.63, 3.8) is 0 Å². The summed E-state index contributed by atoms with van der Waals surface area (Å²) in [5.74, 6) is 1.77. The highest BCUT2D eigenvalue weighted by Gasteiger charge is 2.14. The van der Waals surface area contributed by atoms with E-state index in [4.69, 9.17) is 21.1 Å². The molecule has 1 heterocycles. The van der Waals surface area contributed by atoms with Crippen LogP contribution in [0, 0.1) is 0 Å². The Morgan fingerprint density at radius 3 is 2.50 bits per heavy atom. The average molecular weight is 317 g/mol. The van der Waals surface area contributed by atoms with Crippen molar-refractivity contribution < 1.29 is 14.6 Å². The molecule has 0 aliphatic rings. The molecule has 0 amide bonds. The molecule has 0 unspecified atom stereocenters. The Bertz CT molecular complexity index is 784. The molecule has 6 heteroatoms. The summed E-state index contributed by atoms with van der Waals surface area (Å²) in [4.78, 5) is 0. The number of phenols is 1. The van der Waals surface area contributed by atoms with Crippen LogP contribution in [0.5, 0.6) is 23.0 Å². The number of H-pyrrole nitrogens is 1. The number of rotatable bonds is 4. The fourth-order valence-corrected chi connectivity index (χ4v) is 2.15. The fourth-order valence-electron chi connectivity index (χ4n) is 2.02. The molecule has 112 valence electrons. The minimum absolute atomic E-state index is 0.0737. The van der Waals surface area contributed by atoms with Gasteiger partial charge in [-0.3, -0.25) is 5.10 Å². The molecule has 3 rings (SSSR count). The molecule has 0 fully saturated rings. The first-order chi connectivity index (χ1) is 10.7. The summed E-state index contributed by atoms with van der Waals surface area (Å²) in [6.07, 6.45) is 1.55. The third kappa shape index (κ3) is 2.84. The van der Waals surface area contributed by atoms with Gasteiger partial charge in [-0.05, 0) is 36.4 Å². The van der Waals surface area contributed by atoms with Gasteiger partial charge in [-0.1, -0.05) is 11.6 Å². The van der Waals surface area contributed by atoms with Gasteiger partial charge in [0.1, 0.15) is 22.9 Å². The standard InChI is InChI=1S/C16H13ClN2O3/c1-21-12-6-7-13(14(20)8-12)16-15(9-18-19-16)22-11-4-2-10(17)3-5-11/h2-9,20H,1H3,(H,18,19). The van der Waals surface area contributed by atoms with Gasteiger partial charge in [-0.25, -0.2) is 0 Å². The van der Waals surface area contributed by atoms with Gasteiger partial charge in [0.05, 0.1) is 13.3 Å². The van der Waals surface area contributed by atoms with E-state index in [2.05, 4.69) is 10.2 Å². The van der Waals surface area contributed by atoms with E-state index in [-0.39, 0.29) is 5.75 Å². The van der Waals surface area contributed by atoms with Gasteiger partial charge in [0.2, 0.25) is 0 Å². The van der Waals surface area contributed by atoms with E-state index in [1.54, 1.807) is 49.7 Å². The van der Waals surface area contributed by atoms with E-state index >= 15 is 0 Å². The van der Waals surface area contributed by atoms with Crippen LogP contribution in [0.25, 0.3) is 11.3 Å². The van der Waals surface area contributed by atoms with Crippen molar-refractivity contribution in [2.75, 3.05) is 7.11 Å². The first-order valence-electron chi connectivity index (χ1n) is 6.51. The van der Waals surface area contributed by atoms with E-state index in [9.17, 15) is 5.11 Å². The van der Waals surface area contributed by atoms with Gasteiger partial charge in [-0.15, -0.1) is 0 Å². The van der Waals surface area contributed by atoms with Gasteiger partial charge in [0.25, 0.3) is 0 Å². The van der Waals surface area contributed by atoms with Crippen LogP contribution in [0.1, 0.15) is 0 Å². The maximum Gasteiger partial charge on any atom is 0.173 e. The Hall–Kier alpha value is -2.66. The highest BCUT2D eigenvalue weighted by Crippen LogP contribution is 2.37. The first kappa shape index (κ1) is 14.3. The summed E-state index contributed by atoms with van der Waals surface area (Å²) < 4.78 is 10.9. The molecule has 0 atom stereocenters. The number of benzene rings is 2. The van der Waals surface area contributed by atoms with Crippen LogP contribution in [0.15, 0.2) is 48.7 Å². The van der Waals surface area contributed by atoms with Crippen LogP contribution in [-0.4, -0.2) is 22.4 Å².